The molecule has 0 atom stereocenters. The van der Waals surface area contributed by atoms with Gasteiger partial charge in [0.1, 0.15) is 10.1 Å². The molecule has 0 fully saturated rings. The summed E-state index contributed by atoms with van der Waals surface area (Å²) >= 11 is 7.11. The van der Waals surface area contributed by atoms with Crippen molar-refractivity contribution in [2.75, 3.05) is 12.8 Å². The minimum absolute atomic E-state index is 0.167. The summed E-state index contributed by atoms with van der Waals surface area (Å²) in [4.78, 5) is 12.1. The predicted octanol–water partition coefficient (Wildman–Crippen LogP) is 2.27. The van der Waals surface area contributed by atoms with E-state index in [2.05, 4.69) is 15.0 Å². The summed E-state index contributed by atoms with van der Waals surface area (Å²) in [6.45, 7) is 0. The third kappa shape index (κ3) is 3.21. The second kappa shape index (κ2) is 5.20. The number of methoxy groups -OCH3 is 1. The number of rotatable bonds is 3. The molecule has 0 radical (unpaired) electrons. The molecule has 0 aliphatic rings. The quantitative estimate of drug-likeness (QED) is 0.861. The normalized spacial score (nSPS) is 10.2. The van der Waals surface area contributed by atoms with Crippen molar-refractivity contribution < 1.29 is 4.74 Å². The molecule has 5 nitrogen and oxygen atoms in total. The van der Waals surface area contributed by atoms with Crippen LogP contribution >= 0.6 is 23.4 Å². The van der Waals surface area contributed by atoms with Gasteiger partial charge in [-0.25, -0.2) is 9.97 Å². The van der Waals surface area contributed by atoms with E-state index in [1.54, 1.807) is 24.4 Å². The fourth-order valence-corrected chi connectivity index (χ4v) is 1.97. The van der Waals surface area contributed by atoms with Crippen LogP contribution in [0.15, 0.2) is 34.4 Å². The van der Waals surface area contributed by atoms with Gasteiger partial charge in [0.25, 0.3) is 0 Å². The highest BCUT2D eigenvalue weighted by atomic mass is 35.5. The number of hydrogen-bond acceptors (Lipinski definition) is 6. The van der Waals surface area contributed by atoms with E-state index in [1.807, 2.05) is 0 Å². The summed E-state index contributed by atoms with van der Waals surface area (Å²) in [5, 5.41) is 2.04. The number of anilines is 1. The van der Waals surface area contributed by atoms with Gasteiger partial charge in [-0.05, 0) is 23.9 Å². The first-order valence-electron chi connectivity index (χ1n) is 4.65. The number of halogens is 1. The smallest absolute Gasteiger partial charge is 0.224 e. The lowest BCUT2D eigenvalue weighted by Crippen LogP contribution is -1.98. The van der Waals surface area contributed by atoms with Crippen molar-refractivity contribution in [2.24, 2.45) is 0 Å². The Morgan fingerprint density at radius 2 is 2.12 bits per heavy atom. The third-order valence-corrected chi connectivity index (χ3v) is 2.91. The zero-order valence-corrected chi connectivity index (χ0v) is 10.5. The molecule has 0 spiro atoms. The highest BCUT2D eigenvalue weighted by Crippen LogP contribution is 2.27. The third-order valence-electron chi connectivity index (χ3n) is 1.81. The first-order valence-corrected chi connectivity index (χ1v) is 5.85. The van der Waals surface area contributed by atoms with Gasteiger partial charge >= 0.3 is 0 Å². The van der Waals surface area contributed by atoms with Crippen molar-refractivity contribution in [1.29, 1.82) is 0 Å². The van der Waals surface area contributed by atoms with E-state index in [4.69, 9.17) is 22.1 Å². The van der Waals surface area contributed by atoms with Crippen molar-refractivity contribution in [1.82, 2.24) is 15.0 Å². The van der Waals surface area contributed by atoms with Gasteiger partial charge < -0.3 is 10.5 Å². The van der Waals surface area contributed by atoms with Gasteiger partial charge in [0, 0.05) is 12.3 Å². The topological polar surface area (TPSA) is 73.9 Å². The Balaban J connectivity index is 2.23. The number of nitrogens with two attached hydrogens (primary N) is 1. The van der Waals surface area contributed by atoms with Crippen LogP contribution in [0.25, 0.3) is 0 Å². The lowest BCUT2D eigenvalue weighted by Gasteiger charge is -2.03. The molecule has 0 aliphatic carbocycles. The number of nitrogens with zero attached hydrogens (tertiary/aromatic N) is 3. The summed E-state index contributed by atoms with van der Waals surface area (Å²) < 4.78 is 5.01. The minimum Gasteiger partial charge on any atom is -0.481 e. The lowest BCUT2D eigenvalue weighted by molar-refractivity contribution is 0.396. The molecule has 2 N–H and O–H groups in total. The Morgan fingerprint density at radius 3 is 2.76 bits per heavy atom. The maximum Gasteiger partial charge on any atom is 0.224 e. The Kier molecular flexibility index (Phi) is 3.65. The van der Waals surface area contributed by atoms with Crippen LogP contribution in [0.4, 0.5) is 5.95 Å². The largest absolute Gasteiger partial charge is 0.481 e. The van der Waals surface area contributed by atoms with Crippen LogP contribution in [0.1, 0.15) is 0 Å². The number of aromatic nitrogens is 3. The molecule has 88 valence electrons. The van der Waals surface area contributed by atoms with Crippen LogP contribution in [0, 0.1) is 0 Å². The van der Waals surface area contributed by atoms with E-state index in [1.165, 1.54) is 18.9 Å². The summed E-state index contributed by atoms with van der Waals surface area (Å²) in [6.07, 6.45) is 1.58. The highest BCUT2D eigenvalue weighted by molar-refractivity contribution is 7.99. The van der Waals surface area contributed by atoms with E-state index < -0.39 is 0 Å². The van der Waals surface area contributed by atoms with Crippen LogP contribution in [-0.4, -0.2) is 22.1 Å². The van der Waals surface area contributed by atoms with Crippen molar-refractivity contribution in [2.45, 2.75) is 10.1 Å². The second-order valence-electron chi connectivity index (χ2n) is 3.02. The maximum absolute atomic E-state index is 5.75. The second-order valence-corrected chi connectivity index (χ2v) is 4.50. The van der Waals surface area contributed by atoms with Crippen molar-refractivity contribution in [3.63, 3.8) is 0 Å². The van der Waals surface area contributed by atoms with E-state index in [-0.39, 0.29) is 5.95 Å². The molecule has 2 aromatic rings. The summed E-state index contributed by atoms with van der Waals surface area (Å²) in [7, 11) is 1.52. The predicted molar refractivity (Wildman–Crippen MR) is 66.4 cm³/mol. The summed E-state index contributed by atoms with van der Waals surface area (Å²) in [5.74, 6) is 0.592. The first-order chi connectivity index (χ1) is 8.17. The van der Waals surface area contributed by atoms with E-state index in [0.29, 0.717) is 15.9 Å². The minimum atomic E-state index is 0.167. The van der Waals surface area contributed by atoms with Crippen molar-refractivity contribution in [3.8, 4) is 5.88 Å². The number of hydrogen-bond donors (Lipinski definition) is 1. The highest BCUT2D eigenvalue weighted by Gasteiger charge is 2.05. The average molecular weight is 269 g/mol. The van der Waals surface area contributed by atoms with Crippen molar-refractivity contribution in [3.05, 3.63) is 29.4 Å². The van der Waals surface area contributed by atoms with Crippen LogP contribution < -0.4 is 10.5 Å². The van der Waals surface area contributed by atoms with Gasteiger partial charge in [-0.3, -0.25) is 0 Å². The zero-order chi connectivity index (χ0) is 12.3. The Morgan fingerprint density at radius 1 is 1.29 bits per heavy atom. The van der Waals surface area contributed by atoms with E-state index >= 15 is 0 Å². The van der Waals surface area contributed by atoms with Gasteiger partial charge in [0.05, 0.1) is 12.1 Å². The average Bonchev–Trinajstić information content (AvgIpc) is 2.31. The fourth-order valence-electron chi connectivity index (χ4n) is 1.11. The first kappa shape index (κ1) is 11.9. The van der Waals surface area contributed by atoms with Gasteiger partial charge in [-0.15, -0.1) is 0 Å². The Labute approximate surface area is 107 Å². The molecule has 0 amide bonds. The molecule has 2 aromatic heterocycles. The van der Waals surface area contributed by atoms with Crippen LogP contribution in [0.5, 0.6) is 5.88 Å². The molecule has 0 unspecified atom stereocenters. The molecule has 7 heteroatoms. The van der Waals surface area contributed by atoms with Gasteiger partial charge in [0.15, 0.2) is 0 Å². The molecule has 0 saturated carbocycles. The number of pyridine rings is 1. The lowest BCUT2D eigenvalue weighted by atomic mass is 10.5. The molecule has 2 heterocycles. The van der Waals surface area contributed by atoms with Crippen molar-refractivity contribution >= 4 is 29.3 Å². The van der Waals surface area contributed by atoms with Gasteiger partial charge in [-0.1, -0.05) is 11.6 Å². The Bertz CT molecular complexity index is 520. The maximum atomic E-state index is 5.75. The van der Waals surface area contributed by atoms with Crippen LogP contribution in [-0.2, 0) is 0 Å². The molecule has 2 rings (SSSR count). The molecular formula is C10H9ClN4OS. The molecular weight excluding hydrogens is 260 g/mol. The fraction of sp³-hybridized carbons (Fsp3) is 0.100. The SMILES string of the molecule is COc1cc(Sc2ccc(Cl)cn2)nc(N)n1. The molecule has 0 saturated heterocycles. The monoisotopic (exact) mass is 268 g/mol. The Hall–Kier alpha value is -1.53. The molecule has 0 aromatic carbocycles. The number of nitrogen functional groups attached to an aromatic ring is 1. The van der Waals surface area contributed by atoms with E-state index in [0.717, 1.165) is 5.03 Å². The summed E-state index contributed by atoms with van der Waals surface area (Å²) in [5.41, 5.74) is 5.56. The molecule has 0 bridgehead atoms. The summed E-state index contributed by atoms with van der Waals surface area (Å²) in [6, 6.07) is 5.26. The number of ether oxygens (including phenoxy) is 1. The van der Waals surface area contributed by atoms with E-state index in [9.17, 15) is 0 Å². The molecule has 0 aliphatic heterocycles. The van der Waals surface area contributed by atoms with Gasteiger partial charge in [-0.2, -0.15) is 4.98 Å². The molecule has 17 heavy (non-hydrogen) atoms. The van der Waals surface area contributed by atoms with Crippen LogP contribution in [0.2, 0.25) is 5.02 Å². The van der Waals surface area contributed by atoms with Crippen LogP contribution in [0.3, 0.4) is 0 Å². The zero-order valence-electron chi connectivity index (χ0n) is 8.92. The standard InChI is InChI=1S/C10H9ClN4OS/c1-16-7-4-9(15-10(12)14-7)17-8-3-2-6(11)5-13-8/h2-5H,1H3,(H2,12,14,15). The van der Waals surface area contributed by atoms with Gasteiger partial charge in [0.2, 0.25) is 11.8 Å².